The second-order valence-electron chi connectivity index (χ2n) is 3.19. The fourth-order valence-corrected chi connectivity index (χ4v) is 1.08. The van der Waals surface area contributed by atoms with Crippen molar-refractivity contribution in [3.05, 3.63) is 33.9 Å². The monoisotopic (exact) mass is 210 g/mol. The molecule has 0 atom stereocenters. The summed E-state index contributed by atoms with van der Waals surface area (Å²) in [5.41, 5.74) is 0.174. The molecule has 0 amide bonds. The van der Waals surface area contributed by atoms with Gasteiger partial charge in [0.25, 0.3) is 5.69 Å². The molecule has 1 N–H and O–H groups in total. The van der Waals surface area contributed by atoms with E-state index in [2.05, 4.69) is 0 Å². The molecule has 0 fully saturated rings. The smallest absolute Gasteiger partial charge is 0.336 e. The van der Waals surface area contributed by atoms with E-state index >= 15 is 0 Å². The molecule has 6 heteroatoms. The minimum atomic E-state index is -1.18. The number of nitro benzene ring substituents is 1. The van der Waals surface area contributed by atoms with Crippen LogP contribution >= 0.6 is 0 Å². The predicted molar refractivity (Wildman–Crippen MR) is 54.4 cm³/mol. The molecule has 0 radical (unpaired) electrons. The molecule has 1 aromatic carbocycles. The average molecular weight is 210 g/mol. The van der Waals surface area contributed by atoms with Gasteiger partial charge in [0.05, 0.1) is 10.5 Å². The molecule has 0 aliphatic rings. The van der Waals surface area contributed by atoms with Gasteiger partial charge in [-0.25, -0.2) is 4.79 Å². The topological polar surface area (TPSA) is 83.7 Å². The Kier molecular flexibility index (Phi) is 2.89. The third kappa shape index (κ3) is 2.43. The first-order valence-electron chi connectivity index (χ1n) is 4.12. The lowest BCUT2D eigenvalue weighted by molar-refractivity contribution is -0.384. The fourth-order valence-electron chi connectivity index (χ4n) is 1.08. The van der Waals surface area contributed by atoms with Crippen LogP contribution in [0.4, 0.5) is 11.4 Å². The maximum atomic E-state index is 10.7. The molecule has 0 saturated carbocycles. The average Bonchev–Trinajstić information content (AvgIpc) is 2.16. The van der Waals surface area contributed by atoms with Gasteiger partial charge in [0.2, 0.25) is 0 Å². The van der Waals surface area contributed by atoms with Crippen LogP contribution in [-0.4, -0.2) is 30.1 Å². The summed E-state index contributed by atoms with van der Waals surface area (Å²) in [6.07, 6.45) is 0. The number of carboxylic acids is 1. The molecule has 0 aliphatic carbocycles. The molecule has 80 valence electrons. The van der Waals surface area contributed by atoms with Gasteiger partial charge >= 0.3 is 5.97 Å². The van der Waals surface area contributed by atoms with Crippen LogP contribution in [0.25, 0.3) is 0 Å². The lowest BCUT2D eigenvalue weighted by Crippen LogP contribution is -2.10. The van der Waals surface area contributed by atoms with E-state index in [0.29, 0.717) is 5.69 Å². The van der Waals surface area contributed by atoms with Crippen LogP contribution in [0, 0.1) is 10.1 Å². The third-order valence-corrected chi connectivity index (χ3v) is 1.88. The second-order valence-corrected chi connectivity index (χ2v) is 3.19. The first kappa shape index (κ1) is 11.0. The van der Waals surface area contributed by atoms with E-state index in [0.717, 1.165) is 6.07 Å². The molecule has 1 aromatic rings. The van der Waals surface area contributed by atoms with E-state index in [1.54, 1.807) is 19.0 Å². The largest absolute Gasteiger partial charge is 0.478 e. The van der Waals surface area contributed by atoms with E-state index < -0.39 is 10.9 Å². The molecule has 0 saturated heterocycles. The Balaban J connectivity index is 3.32. The van der Waals surface area contributed by atoms with E-state index in [1.165, 1.54) is 12.1 Å². The Morgan fingerprint density at radius 2 is 2.00 bits per heavy atom. The van der Waals surface area contributed by atoms with Gasteiger partial charge in [0.15, 0.2) is 0 Å². The van der Waals surface area contributed by atoms with Crippen LogP contribution in [0.2, 0.25) is 0 Å². The molecule has 0 bridgehead atoms. The van der Waals surface area contributed by atoms with Crippen molar-refractivity contribution in [2.45, 2.75) is 0 Å². The Morgan fingerprint density at radius 3 is 2.40 bits per heavy atom. The zero-order chi connectivity index (χ0) is 11.6. The third-order valence-electron chi connectivity index (χ3n) is 1.88. The highest BCUT2D eigenvalue weighted by Crippen LogP contribution is 2.22. The quantitative estimate of drug-likeness (QED) is 0.601. The van der Waals surface area contributed by atoms with Crippen molar-refractivity contribution in [2.75, 3.05) is 19.0 Å². The summed E-state index contributed by atoms with van der Waals surface area (Å²) in [6, 6.07) is 3.75. The number of aromatic carboxylic acids is 1. The van der Waals surface area contributed by atoms with Crippen molar-refractivity contribution >= 4 is 17.3 Å². The molecule has 1 rings (SSSR count). The summed E-state index contributed by atoms with van der Waals surface area (Å²) < 4.78 is 0. The molecular formula is C9H10N2O4. The number of nitro groups is 1. The van der Waals surface area contributed by atoms with Gasteiger partial charge < -0.3 is 10.0 Å². The van der Waals surface area contributed by atoms with Crippen molar-refractivity contribution in [3.63, 3.8) is 0 Å². The Morgan fingerprint density at radius 1 is 1.40 bits per heavy atom. The fraction of sp³-hybridized carbons (Fsp3) is 0.222. The van der Waals surface area contributed by atoms with Crippen LogP contribution in [0.5, 0.6) is 0 Å². The van der Waals surface area contributed by atoms with Crippen LogP contribution in [0.1, 0.15) is 10.4 Å². The van der Waals surface area contributed by atoms with Gasteiger partial charge in [-0.1, -0.05) is 0 Å². The molecule has 0 heterocycles. The molecule has 15 heavy (non-hydrogen) atoms. The number of hydrogen-bond acceptors (Lipinski definition) is 4. The Hall–Kier alpha value is -2.11. The number of carbonyl (C=O) groups is 1. The predicted octanol–water partition coefficient (Wildman–Crippen LogP) is 1.36. The van der Waals surface area contributed by atoms with Gasteiger partial charge in [-0.3, -0.25) is 10.1 Å². The van der Waals surface area contributed by atoms with E-state index in [-0.39, 0.29) is 11.3 Å². The molecule has 0 aromatic heterocycles. The minimum absolute atomic E-state index is 0.0899. The number of non-ortho nitro benzene ring substituents is 1. The SMILES string of the molecule is CN(C)c1cc(C(=O)O)cc([N+](=O)[O-])c1. The standard InChI is InChI=1S/C9H10N2O4/c1-10(2)7-3-6(9(12)13)4-8(5-7)11(14)15/h3-5H,1-2H3,(H,12,13). The normalized spacial score (nSPS) is 9.73. The maximum Gasteiger partial charge on any atom is 0.336 e. The van der Waals surface area contributed by atoms with E-state index in [1.807, 2.05) is 0 Å². The summed E-state index contributed by atoms with van der Waals surface area (Å²) in [5.74, 6) is -1.18. The van der Waals surface area contributed by atoms with Crippen molar-refractivity contribution in [1.29, 1.82) is 0 Å². The van der Waals surface area contributed by atoms with Gasteiger partial charge in [-0.2, -0.15) is 0 Å². The van der Waals surface area contributed by atoms with Crippen LogP contribution in [0.3, 0.4) is 0 Å². The molecule has 0 unspecified atom stereocenters. The highest BCUT2D eigenvalue weighted by Gasteiger charge is 2.14. The molecule has 0 spiro atoms. The number of rotatable bonds is 3. The summed E-state index contributed by atoms with van der Waals surface area (Å²) in [5, 5.41) is 19.3. The number of hydrogen-bond donors (Lipinski definition) is 1. The highest BCUT2D eigenvalue weighted by atomic mass is 16.6. The second kappa shape index (κ2) is 3.95. The van der Waals surface area contributed by atoms with Crippen LogP contribution in [0.15, 0.2) is 18.2 Å². The zero-order valence-electron chi connectivity index (χ0n) is 8.30. The molecular weight excluding hydrogens is 200 g/mol. The minimum Gasteiger partial charge on any atom is -0.478 e. The summed E-state index contributed by atoms with van der Waals surface area (Å²) in [6.45, 7) is 0. The van der Waals surface area contributed by atoms with E-state index in [9.17, 15) is 14.9 Å². The maximum absolute atomic E-state index is 10.7. The lowest BCUT2D eigenvalue weighted by atomic mass is 10.1. The summed E-state index contributed by atoms with van der Waals surface area (Å²) >= 11 is 0. The van der Waals surface area contributed by atoms with Gasteiger partial charge in [-0.05, 0) is 6.07 Å². The van der Waals surface area contributed by atoms with Gasteiger partial charge in [0.1, 0.15) is 0 Å². The van der Waals surface area contributed by atoms with Crippen LogP contribution in [-0.2, 0) is 0 Å². The highest BCUT2D eigenvalue weighted by molar-refractivity contribution is 5.90. The first-order chi connectivity index (χ1) is 6.91. The number of anilines is 1. The Labute approximate surface area is 85.9 Å². The van der Waals surface area contributed by atoms with Crippen molar-refractivity contribution in [1.82, 2.24) is 0 Å². The molecule has 0 aliphatic heterocycles. The van der Waals surface area contributed by atoms with E-state index in [4.69, 9.17) is 5.11 Å². The zero-order valence-corrected chi connectivity index (χ0v) is 8.30. The van der Waals surface area contributed by atoms with Crippen molar-refractivity contribution < 1.29 is 14.8 Å². The Bertz CT molecular complexity index is 382. The molecule has 6 nitrogen and oxygen atoms in total. The summed E-state index contributed by atoms with van der Waals surface area (Å²) in [4.78, 5) is 22.3. The number of benzene rings is 1. The van der Waals surface area contributed by atoms with Crippen molar-refractivity contribution in [3.8, 4) is 0 Å². The van der Waals surface area contributed by atoms with Crippen molar-refractivity contribution in [2.24, 2.45) is 0 Å². The van der Waals surface area contributed by atoms with Gasteiger partial charge in [0, 0.05) is 31.9 Å². The van der Waals surface area contributed by atoms with Crippen LogP contribution < -0.4 is 4.90 Å². The van der Waals surface area contributed by atoms with Gasteiger partial charge in [-0.15, -0.1) is 0 Å². The number of nitrogens with zero attached hydrogens (tertiary/aromatic N) is 2. The first-order valence-corrected chi connectivity index (χ1v) is 4.12. The number of carboxylic acid groups (broad SMARTS) is 1. The lowest BCUT2D eigenvalue weighted by Gasteiger charge is -2.12. The summed E-state index contributed by atoms with van der Waals surface area (Å²) in [7, 11) is 3.37.